The SMILES string of the molecule is Cc1ccc(S(=O)(=O)N[C@@H]2[C@@H]3OC[C@H](C[C@H]2Br)O3)cc1. The molecule has 1 N–H and O–H groups in total. The average Bonchev–Trinajstić information content (AvgIpc) is 2.79. The molecule has 0 unspecified atom stereocenters. The second kappa shape index (κ2) is 5.38. The molecule has 3 rings (SSSR count). The average molecular weight is 362 g/mol. The summed E-state index contributed by atoms with van der Waals surface area (Å²) in [7, 11) is -3.57. The van der Waals surface area contributed by atoms with Crippen LogP contribution in [0.25, 0.3) is 0 Å². The van der Waals surface area contributed by atoms with Crippen molar-refractivity contribution >= 4 is 26.0 Å². The van der Waals surface area contributed by atoms with Gasteiger partial charge in [-0.1, -0.05) is 33.6 Å². The summed E-state index contributed by atoms with van der Waals surface area (Å²) in [4.78, 5) is 0.261. The molecular formula is C13H16BrNO4S. The molecule has 0 amide bonds. The number of nitrogens with one attached hydrogen (secondary N) is 1. The number of rotatable bonds is 3. The number of aryl methyl sites for hydroxylation is 1. The van der Waals surface area contributed by atoms with E-state index >= 15 is 0 Å². The van der Waals surface area contributed by atoms with E-state index in [9.17, 15) is 8.42 Å². The smallest absolute Gasteiger partial charge is 0.241 e. The van der Waals surface area contributed by atoms with Crippen molar-refractivity contribution in [3.8, 4) is 0 Å². The highest BCUT2D eigenvalue weighted by atomic mass is 79.9. The monoisotopic (exact) mass is 361 g/mol. The van der Waals surface area contributed by atoms with Gasteiger partial charge in [-0.2, -0.15) is 0 Å². The predicted octanol–water partition coefficient (Wildman–Crippen LogP) is 1.55. The first kappa shape index (κ1) is 14.5. The van der Waals surface area contributed by atoms with Gasteiger partial charge in [-0.3, -0.25) is 0 Å². The highest BCUT2D eigenvalue weighted by Gasteiger charge is 2.44. The Labute approximate surface area is 126 Å². The number of sulfonamides is 1. The van der Waals surface area contributed by atoms with Crippen LogP contribution < -0.4 is 4.72 Å². The molecule has 1 aromatic rings. The molecule has 0 spiro atoms. The van der Waals surface area contributed by atoms with E-state index in [1.807, 2.05) is 6.92 Å². The van der Waals surface area contributed by atoms with Gasteiger partial charge >= 0.3 is 0 Å². The lowest BCUT2D eigenvalue weighted by Crippen LogP contribution is -2.52. The number of halogens is 1. The fourth-order valence-electron chi connectivity index (χ4n) is 2.44. The number of hydrogen-bond acceptors (Lipinski definition) is 4. The maximum Gasteiger partial charge on any atom is 0.241 e. The number of hydrogen-bond donors (Lipinski definition) is 1. The standard InChI is InChI=1S/C13H16BrNO4S/c1-8-2-4-10(5-3-8)20(16,17)15-12-11(14)6-9-7-18-13(12)19-9/h2-5,9,11-13,15H,6-7H2,1H3/t9-,11+,12-,13+/m0/s1. The number of fused-ring (bicyclic) bond motifs is 2. The summed E-state index contributed by atoms with van der Waals surface area (Å²) in [6.45, 7) is 2.44. The zero-order valence-electron chi connectivity index (χ0n) is 11.0. The Bertz CT molecular complexity index is 589. The third-order valence-corrected chi connectivity index (χ3v) is 5.99. The molecule has 0 aromatic heterocycles. The van der Waals surface area contributed by atoms with Gasteiger partial charge < -0.3 is 9.47 Å². The van der Waals surface area contributed by atoms with Crippen LogP contribution in [-0.4, -0.2) is 38.3 Å². The summed E-state index contributed by atoms with van der Waals surface area (Å²) in [5, 5.41) is 0. The Balaban J connectivity index is 1.80. The molecule has 2 aliphatic rings. The second-order valence-corrected chi connectivity index (χ2v) is 8.06. The number of alkyl halides is 1. The fourth-order valence-corrected chi connectivity index (χ4v) is 4.68. The van der Waals surface area contributed by atoms with Gasteiger partial charge in [0.25, 0.3) is 0 Å². The summed E-state index contributed by atoms with van der Waals surface area (Å²) in [5.74, 6) is 0. The van der Waals surface area contributed by atoms with Crippen LogP contribution in [0.1, 0.15) is 12.0 Å². The van der Waals surface area contributed by atoms with Gasteiger partial charge in [-0.15, -0.1) is 0 Å². The van der Waals surface area contributed by atoms with Crippen LogP contribution >= 0.6 is 15.9 Å². The van der Waals surface area contributed by atoms with Gasteiger partial charge in [-0.25, -0.2) is 13.1 Å². The summed E-state index contributed by atoms with van der Waals surface area (Å²) >= 11 is 3.53. The van der Waals surface area contributed by atoms with Crippen LogP contribution in [0.2, 0.25) is 0 Å². The zero-order chi connectivity index (χ0) is 14.3. The van der Waals surface area contributed by atoms with Crippen LogP contribution in [0.3, 0.4) is 0 Å². The first-order valence-corrected chi connectivity index (χ1v) is 8.86. The van der Waals surface area contributed by atoms with Gasteiger partial charge in [0.2, 0.25) is 10.0 Å². The zero-order valence-corrected chi connectivity index (χ0v) is 13.4. The minimum atomic E-state index is -3.57. The van der Waals surface area contributed by atoms with Gasteiger partial charge in [0.15, 0.2) is 6.29 Å². The Kier molecular flexibility index (Phi) is 3.89. The lowest BCUT2D eigenvalue weighted by molar-refractivity contribution is -0.0950. The predicted molar refractivity (Wildman–Crippen MR) is 77.2 cm³/mol. The molecule has 7 heteroatoms. The summed E-state index contributed by atoms with van der Waals surface area (Å²) in [6, 6.07) is 6.34. The highest BCUT2D eigenvalue weighted by Crippen LogP contribution is 2.32. The minimum absolute atomic E-state index is 0.00831. The van der Waals surface area contributed by atoms with Gasteiger partial charge in [0.1, 0.15) is 0 Å². The summed E-state index contributed by atoms with van der Waals surface area (Å²) in [6.07, 6.45) is 0.278. The Morgan fingerprint density at radius 2 is 2.00 bits per heavy atom. The lowest BCUT2D eigenvalue weighted by atomic mass is 10.1. The molecule has 0 saturated carbocycles. The molecule has 0 aliphatic carbocycles. The first-order valence-electron chi connectivity index (χ1n) is 6.46. The fraction of sp³-hybridized carbons (Fsp3) is 0.538. The van der Waals surface area contributed by atoms with E-state index in [0.29, 0.717) is 6.61 Å². The molecular weight excluding hydrogens is 346 g/mol. The quantitative estimate of drug-likeness (QED) is 0.829. The van der Waals surface area contributed by atoms with Gasteiger partial charge in [-0.05, 0) is 25.5 Å². The van der Waals surface area contributed by atoms with E-state index in [-0.39, 0.29) is 15.8 Å². The van der Waals surface area contributed by atoms with Crippen molar-refractivity contribution in [2.75, 3.05) is 6.61 Å². The Morgan fingerprint density at radius 1 is 1.30 bits per heavy atom. The normalized spacial score (nSPS) is 33.3. The third-order valence-electron chi connectivity index (χ3n) is 3.57. The van der Waals surface area contributed by atoms with Crippen molar-refractivity contribution in [1.82, 2.24) is 4.72 Å². The molecule has 2 heterocycles. The molecule has 2 bridgehead atoms. The van der Waals surface area contributed by atoms with Crippen LogP contribution in [0.5, 0.6) is 0 Å². The number of benzene rings is 1. The molecule has 2 fully saturated rings. The maximum absolute atomic E-state index is 12.4. The van der Waals surface area contributed by atoms with E-state index in [0.717, 1.165) is 12.0 Å². The van der Waals surface area contributed by atoms with E-state index in [2.05, 4.69) is 20.7 Å². The van der Waals surface area contributed by atoms with E-state index in [1.54, 1.807) is 24.3 Å². The van der Waals surface area contributed by atoms with Gasteiger partial charge in [0.05, 0.1) is 23.6 Å². The lowest BCUT2D eigenvalue weighted by Gasteiger charge is -2.32. The molecule has 1 aromatic carbocycles. The largest absolute Gasteiger partial charge is 0.348 e. The Morgan fingerprint density at radius 3 is 2.70 bits per heavy atom. The summed E-state index contributed by atoms with van der Waals surface area (Å²) in [5.41, 5.74) is 1.02. The van der Waals surface area contributed by atoms with Gasteiger partial charge in [0, 0.05) is 4.83 Å². The van der Waals surface area contributed by atoms with E-state index < -0.39 is 22.4 Å². The van der Waals surface area contributed by atoms with Crippen molar-refractivity contribution in [2.45, 2.75) is 41.5 Å². The first-order chi connectivity index (χ1) is 9.45. The molecule has 4 atom stereocenters. The highest BCUT2D eigenvalue weighted by molar-refractivity contribution is 9.09. The molecule has 0 radical (unpaired) electrons. The maximum atomic E-state index is 12.4. The van der Waals surface area contributed by atoms with Crippen LogP contribution in [0.4, 0.5) is 0 Å². The number of ether oxygens (including phenoxy) is 2. The van der Waals surface area contributed by atoms with Crippen LogP contribution in [0.15, 0.2) is 29.2 Å². The molecule has 2 saturated heterocycles. The molecule has 5 nitrogen and oxygen atoms in total. The van der Waals surface area contributed by atoms with Crippen molar-refractivity contribution in [3.63, 3.8) is 0 Å². The topological polar surface area (TPSA) is 64.6 Å². The van der Waals surface area contributed by atoms with E-state index in [4.69, 9.17) is 9.47 Å². The van der Waals surface area contributed by atoms with Crippen molar-refractivity contribution in [2.24, 2.45) is 0 Å². The molecule has 20 heavy (non-hydrogen) atoms. The van der Waals surface area contributed by atoms with Crippen molar-refractivity contribution < 1.29 is 17.9 Å². The molecule has 2 aliphatic heterocycles. The van der Waals surface area contributed by atoms with Crippen LogP contribution in [0, 0.1) is 6.92 Å². The van der Waals surface area contributed by atoms with Crippen molar-refractivity contribution in [1.29, 1.82) is 0 Å². The molecule has 110 valence electrons. The van der Waals surface area contributed by atoms with Crippen LogP contribution in [-0.2, 0) is 19.5 Å². The third kappa shape index (κ3) is 2.78. The second-order valence-electron chi connectivity index (χ2n) is 5.17. The minimum Gasteiger partial charge on any atom is -0.348 e. The summed E-state index contributed by atoms with van der Waals surface area (Å²) < 4.78 is 38.5. The van der Waals surface area contributed by atoms with E-state index in [1.165, 1.54) is 0 Å². The van der Waals surface area contributed by atoms with Crippen molar-refractivity contribution in [3.05, 3.63) is 29.8 Å². The Hall–Kier alpha value is -0.470.